The summed E-state index contributed by atoms with van der Waals surface area (Å²) < 4.78 is 0. The lowest BCUT2D eigenvalue weighted by molar-refractivity contribution is -0.134. The molecule has 1 aliphatic heterocycles. The van der Waals surface area contributed by atoms with E-state index in [1.165, 1.54) is 18.4 Å². The maximum Gasteiger partial charge on any atom is 0.244 e. The molecule has 1 aromatic carbocycles. The number of H-pyrrole nitrogens is 1. The smallest absolute Gasteiger partial charge is 0.244 e. The minimum Gasteiger partial charge on any atom is -0.341 e. The Balaban J connectivity index is 1.45. The first-order valence-electron chi connectivity index (χ1n) is 9.66. The van der Waals surface area contributed by atoms with Gasteiger partial charge >= 0.3 is 0 Å². The molecule has 0 radical (unpaired) electrons. The molecule has 0 aliphatic carbocycles. The van der Waals surface area contributed by atoms with Crippen molar-refractivity contribution in [1.82, 2.24) is 15.1 Å². The highest BCUT2D eigenvalue weighted by Crippen LogP contribution is 2.26. The van der Waals surface area contributed by atoms with Gasteiger partial charge in [0.1, 0.15) is 6.04 Å². The normalized spacial score (nSPS) is 16.7. The van der Waals surface area contributed by atoms with Crippen LogP contribution in [0.1, 0.15) is 54.2 Å². The molecule has 2 heterocycles. The molecule has 140 valence electrons. The third-order valence-corrected chi connectivity index (χ3v) is 5.61. The van der Waals surface area contributed by atoms with Gasteiger partial charge in [0.05, 0.1) is 5.69 Å². The Hall–Kier alpha value is -2.14. The van der Waals surface area contributed by atoms with Crippen molar-refractivity contribution in [2.24, 2.45) is 11.7 Å². The summed E-state index contributed by atoms with van der Waals surface area (Å²) in [4.78, 5) is 14.7. The van der Waals surface area contributed by atoms with Crippen LogP contribution in [0.5, 0.6) is 0 Å². The number of carbonyl (C=O) groups excluding carboxylic acids is 1. The van der Waals surface area contributed by atoms with Gasteiger partial charge in [0.2, 0.25) is 5.91 Å². The van der Waals surface area contributed by atoms with Crippen LogP contribution in [0, 0.1) is 19.8 Å². The molecule has 3 rings (SSSR count). The van der Waals surface area contributed by atoms with Crippen LogP contribution in [0.15, 0.2) is 30.3 Å². The van der Waals surface area contributed by atoms with Gasteiger partial charge in [0.25, 0.3) is 0 Å². The van der Waals surface area contributed by atoms with Gasteiger partial charge < -0.3 is 10.6 Å². The van der Waals surface area contributed by atoms with Gasteiger partial charge in [-0.1, -0.05) is 30.3 Å². The van der Waals surface area contributed by atoms with Crippen molar-refractivity contribution in [1.29, 1.82) is 0 Å². The summed E-state index contributed by atoms with van der Waals surface area (Å²) in [5, 5.41) is 7.08. The molecule has 0 spiro atoms. The molecule has 1 atom stereocenters. The largest absolute Gasteiger partial charge is 0.341 e. The van der Waals surface area contributed by atoms with Crippen LogP contribution in [0.4, 0.5) is 0 Å². The van der Waals surface area contributed by atoms with E-state index in [-0.39, 0.29) is 5.91 Å². The average Bonchev–Trinajstić information content (AvgIpc) is 3.00. The van der Waals surface area contributed by atoms with Crippen molar-refractivity contribution < 1.29 is 4.79 Å². The van der Waals surface area contributed by atoms with E-state index < -0.39 is 6.04 Å². The third kappa shape index (κ3) is 4.33. The molecule has 1 aliphatic rings. The summed E-state index contributed by atoms with van der Waals surface area (Å²) in [6.07, 6.45) is 5.76. The molecular formula is C21H30N4O. The Kier molecular flexibility index (Phi) is 6.09. The standard InChI is InChI=1S/C21H30N4O/c1-15-19(16(2)24-23-15)20(22)21(26)25-13-11-18(12-14-25)10-6-9-17-7-4-3-5-8-17/h3-5,7-8,18,20H,6,9-14,22H2,1-2H3,(H,23,24)/t20-/m0/s1. The third-order valence-electron chi connectivity index (χ3n) is 5.61. The van der Waals surface area contributed by atoms with Crippen LogP contribution in [0.3, 0.4) is 0 Å². The molecule has 1 aromatic heterocycles. The van der Waals surface area contributed by atoms with Crippen LogP contribution >= 0.6 is 0 Å². The summed E-state index contributed by atoms with van der Waals surface area (Å²) in [6.45, 7) is 5.45. The van der Waals surface area contributed by atoms with Crippen LogP contribution in [0.2, 0.25) is 0 Å². The molecule has 5 nitrogen and oxygen atoms in total. The molecule has 1 amide bonds. The molecule has 1 saturated heterocycles. The topological polar surface area (TPSA) is 75.0 Å². The van der Waals surface area contributed by atoms with Crippen LogP contribution in [0.25, 0.3) is 0 Å². The highest BCUT2D eigenvalue weighted by molar-refractivity contribution is 5.83. The fraction of sp³-hybridized carbons (Fsp3) is 0.524. The predicted molar refractivity (Wildman–Crippen MR) is 104 cm³/mol. The second kappa shape index (κ2) is 8.49. The molecular weight excluding hydrogens is 324 g/mol. The number of nitrogens with one attached hydrogen (secondary N) is 1. The number of aromatic amines is 1. The van der Waals surface area contributed by atoms with E-state index >= 15 is 0 Å². The van der Waals surface area contributed by atoms with Crippen molar-refractivity contribution >= 4 is 5.91 Å². The van der Waals surface area contributed by atoms with Gasteiger partial charge in [-0.2, -0.15) is 5.10 Å². The zero-order chi connectivity index (χ0) is 18.5. The molecule has 2 aromatic rings. The van der Waals surface area contributed by atoms with E-state index in [0.29, 0.717) is 0 Å². The lowest BCUT2D eigenvalue weighted by Gasteiger charge is -2.33. The number of nitrogens with zero attached hydrogens (tertiary/aromatic N) is 2. The van der Waals surface area contributed by atoms with Gasteiger partial charge in [0.15, 0.2) is 0 Å². The van der Waals surface area contributed by atoms with Crippen molar-refractivity contribution in [2.75, 3.05) is 13.1 Å². The van der Waals surface area contributed by atoms with Crippen molar-refractivity contribution in [3.63, 3.8) is 0 Å². The Morgan fingerprint density at radius 1 is 1.27 bits per heavy atom. The summed E-state index contributed by atoms with van der Waals surface area (Å²) in [6, 6.07) is 10.1. The number of benzene rings is 1. The number of nitrogens with two attached hydrogens (primary N) is 1. The molecule has 0 unspecified atom stereocenters. The quantitative estimate of drug-likeness (QED) is 0.836. The fourth-order valence-electron chi connectivity index (χ4n) is 4.02. The minimum absolute atomic E-state index is 0.0281. The Labute approximate surface area is 156 Å². The molecule has 0 bridgehead atoms. The number of rotatable bonds is 6. The number of piperidine rings is 1. The Morgan fingerprint density at radius 2 is 1.96 bits per heavy atom. The van der Waals surface area contributed by atoms with E-state index in [4.69, 9.17) is 5.73 Å². The lowest BCUT2D eigenvalue weighted by atomic mass is 9.90. The summed E-state index contributed by atoms with van der Waals surface area (Å²) >= 11 is 0. The second-order valence-corrected chi connectivity index (χ2v) is 7.47. The SMILES string of the molecule is Cc1n[nH]c(C)c1[C@H](N)C(=O)N1CCC(CCCc2ccccc2)CC1. The first kappa shape index (κ1) is 18.6. The number of likely N-dealkylation sites (tertiary alicyclic amines) is 1. The second-order valence-electron chi connectivity index (χ2n) is 7.47. The lowest BCUT2D eigenvalue weighted by Crippen LogP contribution is -2.43. The van der Waals surface area contributed by atoms with Gasteiger partial charge in [-0.3, -0.25) is 9.89 Å². The summed E-state index contributed by atoms with van der Waals surface area (Å²) in [5.41, 5.74) is 10.2. The van der Waals surface area contributed by atoms with Crippen molar-refractivity contribution in [3.05, 3.63) is 52.8 Å². The highest BCUT2D eigenvalue weighted by Gasteiger charge is 2.29. The minimum atomic E-state index is -0.608. The first-order chi connectivity index (χ1) is 12.6. The number of hydrogen-bond acceptors (Lipinski definition) is 3. The zero-order valence-corrected chi connectivity index (χ0v) is 15.9. The Morgan fingerprint density at radius 3 is 2.58 bits per heavy atom. The molecule has 0 saturated carbocycles. The van der Waals surface area contributed by atoms with Crippen molar-refractivity contribution in [3.8, 4) is 0 Å². The monoisotopic (exact) mass is 354 g/mol. The fourth-order valence-corrected chi connectivity index (χ4v) is 4.02. The number of amides is 1. The molecule has 26 heavy (non-hydrogen) atoms. The zero-order valence-electron chi connectivity index (χ0n) is 15.9. The first-order valence-corrected chi connectivity index (χ1v) is 9.66. The average molecular weight is 354 g/mol. The number of carbonyl (C=O) groups is 1. The van der Waals surface area contributed by atoms with Crippen LogP contribution in [-0.4, -0.2) is 34.1 Å². The van der Waals surface area contributed by atoms with E-state index in [1.54, 1.807) is 0 Å². The van der Waals surface area contributed by atoms with E-state index in [0.717, 1.165) is 55.2 Å². The van der Waals surface area contributed by atoms with Crippen molar-refractivity contribution in [2.45, 2.75) is 52.0 Å². The summed E-state index contributed by atoms with van der Waals surface area (Å²) in [7, 11) is 0. The highest BCUT2D eigenvalue weighted by atomic mass is 16.2. The number of hydrogen-bond donors (Lipinski definition) is 2. The van der Waals surface area contributed by atoms with E-state index in [2.05, 4.69) is 40.5 Å². The Bertz CT molecular complexity index is 697. The van der Waals surface area contributed by atoms with Gasteiger partial charge in [0, 0.05) is 24.3 Å². The molecule has 5 heteroatoms. The van der Waals surface area contributed by atoms with E-state index in [1.807, 2.05) is 18.7 Å². The molecule has 3 N–H and O–H groups in total. The van der Waals surface area contributed by atoms with Crippen LogP contribution in [-0.2, 0) is 11.2 Å². The number of aryl methyl sites for hydroxylation is 3. The maximum absolute atomic E-state index is 12.8. The maximum atomic E-state index is 12.8. The van der Waals surface area contributed by atoms with Crippen LogP contribution < -0.4 is 5.73 Å². The van der Waals surface area contributed by atoms with Gasteiger partial charge in [-0.25, -0.2) is 0 Å². The summed E-state index contributed by atoms with van der Waals surface area (Å²) in [5.74, 6) is 0.747. The number of aromatic nitrogens is 2. The predicted octanol–water partition coefficient (Wildman–Crippen LogP) is 3.29. The van der Waals surface area contributed by atoms with Gasteiger partial charge in [-0.05, 0) is 57.4 Å². The molecule has 1 fully saturated rings. The van der Waals surface area contributed by atoms with E-state index in [9.17, 15) is 4.79 Å². The van der Waals surface area contributed by atoms with Gasteiger partial charge in [-0.15, -0.1) is 0 Å².